The van der Waals surface area contributed by atoms with Gasteiger partial charge in [0, 0.05) is 12.0 Å². The average molecular weight is 388 g/mol. The Morgan fingerprint density at radius 1 is 1.11 bits per heavy atom. The van der Waals surface area contributed by atoms with Crippen molar-refractivity contribution in [1.29, 1.82) is 0 Å². The molecule has 0 N–H and O–H groups in total. The Hall–Kier alpha value is -2.17. The van der Waals surface area contributed by atoms with Gasteiger partial charge in [-0.1, -0.05) is 51.1 Å². The van der Waals surface area contributed by atoms with Crippen LogP contribution >= 0.6 is 0 Å². The second-order valence-electron chi connectivity index (χ2n) is 8.19. The van der Waals surface area contributed by atoms with Crippen molar-refractivity contribution in [3.63, 3.8) is 0 Å². The van der Waals surface area contributed by atoms with Crippen molar-refractivity contribution in [2.45, 2.75) is 71.8 Å². The van der Waals surface area contributed by atoms with Crippen molar-refractivity contribution in [3.05, 3.63) is 35.9 Å². The van der Waals surface area contributed by atoms with Crippen molar-refractivity contribution in [3.8, 4) is 0 Å². The van der Waals surface area contributed by atoms with Gasteiger partial charge in [0.05, 0.1) is 6.61 Å². The van der Waals surface area contributed by atoms with E-state index in [0.717, 1.165) is 32.1 Å². The van der Waals surface area contributed by atoms with E-state index >= 15 is 0 Å². The molecule has 1 atom stereocenters. The number of ether oxygens (including phenoxy) is 1. The maximum absolute atomic E-state index is 12.6. The molecule has 0 spiro atoms. The second-order valence-corrected chi connectivity index (χ2v) is 8.19. The number of rotatable bonds is 10. The summed E-state index contributed by atoms with van der Waals surface area (Å²) in [5, 5.41) is 0. The van der Waals surface area contributed by atoms with Crippen LogP contribution in [0.4, 0.5) is 0 Å². The van der Waals surface area contributed by atoms with Gasteiger partial charge in [-0.25, -0.2) is 4.79 Å². The Bertz CT molecular complexity index is 668. The number of unbranched alkanes of at least 4 members (excludes halogenated alkanes) is 2. The molecule has 0 saturated carbocycles. The van der Waals surface area contributed by atoms with Crippen LogP contribution < -0.4 is 0 Å². The highest BCUT2D eigenvalue weighted by Crippen LogP contribution is 2.26. The molecule has 0 bridgehead atoms. The number of ketones is 1. The summed E-state index contributed by atoms with van der Waals surface area (Å²) in [5.41, 5.74) is 0.617. The summed E-state index contributed by atoms with van der Waals surface area (Å²) < 4.78 is 5.41. The van der Waals surface area contributed by atoms with Crippen molar-refractivity contribution >= 4 is 17.7 Å². The second kappa shape index (κ2) is 10.4. The van der Waals surface area contributed by atoms with Gasteiger partial charge in [-0.05, 0) is 50.5 Å². The van der Waals surface area contributed by atoms with Gasteiger partial charge >= 0.3 is 5.97 Å². The van der Waals surface area contributed by atoms with Crippen LogP contribution in [0.1, 0.15) is 64.9 Å². The third-order valence-electron chi connectivity index (χ3n) is 5.68. The lowest BCUT2D eigenvalue weighted by atomic mass is 9.84. The van der Waals surface area contributed by atoms with Crippen molar-refractivity contribution in [2.24, 2.45) is 5.41 Å². The standard InChI is InChI=1S/C23H33NO4/c1-4-23(2,3)20(25)21(26)24-16-11-15-19(24)22(27)28-17-10-6-9-14-18-12-7-5-8-13-18/h5,7-8,12-13,19H,4,6,9-11,14-17H2,1-3H3/t19-/m0/s1. The number of benzene rings is 1. The quantitative estimate of drug-likeness (QED) is 0.347. The summed E-state index contributed by atoms with van der Waals surface area (Å²) in [6.45, 7) is 6.23. The SMILES string of the molecule is CCC(C)(C)C(=O)C(=O)N1CCC[C@H]1C(=O)OCCCCCc1ccccc1. The number of hydrogen-bond acceptors (Lipinski definition) is 4. The topological polar surface area (TPSA) is 63.7 Å². The van der Waals surface area contributed by atoms with E-state index in [-0.39, 0.29) is 5.97 Å². The largest absolute Gasteiger partial charge is 0.464 e. The van der Waals surface area contributed by atoms with Gasteiger partial charge in [-0.3, -0.25) is 9.59 Å². The zero-order valence-electron chi connectivity index (χ0n) is 17.4. The van der Waals surface area contributed by atoms with Crippen molar-refractivity contribution in [1.82, 2.24) is 4.90 Å². The van der Waals surface area contributed by atoms with E-state index in [1.54, 1.807) is 13.8 Å². The molecule has 5 heteroatoms. The van der Waals surface area contributed by atoms with Crippen LogP contribution in [0.25, 0.3) is 0 Å². The molecule has 1 aliphatic rings. The maximum atomic E-state index is 12.6. The van der Waals surface area contributed by atoms with E-state index < -0.39 is 23.1 Å². The molecule has 0 aliphatic carbocycles. The molecule has 1 aliphatic heterocycles. The molecule has 1 amide bonds. The molecule has 2 rings (SSSR count). The summed E-state index contributed by atoms with van der Waals surface area (Å²) in [4.78, 5) is 38.9. The van der Waals surface area contributed by atoms with Crippen molar-refractivity contribution < 1.29 is 19.1 Å². The predicted molar refractivity (Wildman–Crippen MR) is 109 cm³/mol. The van der Waals surface area contributed by atoms with E-state index in [2.05, 4.69) is 12.1 Å². The van der Waals surface area contributed by atoms with Crippen LogP contribution in [0.5, 0.6) is 0 Å². The fourth-order valence-corrected chi connectivity index (χ4v) is 3.36. The summed E-state index contributed by atoms with van der Waals surface area (Å²) in [6, 6.07) is 9.71. The lowest BCUT2D eigenvalue weighted by Crippen LogP contribution is -2.48. The fourth-order valence-electron chi connectivity index (χ4n) is 3.36. The van der Waals surface area contributed by atoms with E-state index in [1.165, 1.54) is 10.5 Å². The Morgan fingerprint density at radius 2 is 1.82 bits per heavy atom. The van der Waals surface area contributed by atoms with Gasteiger partial charge in [-0.15, -0.1) is 0 Å². The first kappa shape index (κ1) is 22.1. The number of Topliss-reactive ketones (excluding diaryl/α,β-unsaturated/α-hetero) is 1. The number of hydrogen-bond donors (Lipinski definition) is 0. The zero-order valence-corrected chi connectivity index (χ0v) is 17.4. The van der Waals surface area contributed by atoms with Gasteiger partial charge in [0.1, 0.15) is 6.04 Å². The van der Waals surface area contributed by atoms with Gasteiger partial charge in [0.2, 0.25) is 5.78 Å². The monoisotopic (exact) mass is 387 g/mol. The first-order valence-corrected chi connectivity index (χ1v) is 10.4. The molecule has 0 unspecified atom stereocenters. The molecule has 1 fully saturated rings. The fraction of sp³-hybridized carbons (Fsp3) is 0.609. The highest BCUT2D eigenvalue weighted by Gasteiger charge is 2.41. The first-order valence-electron chi connectivity index (χ1n) is 10.4. The van der Waals surface area contributed by atoms with Crippen LogP contribution in [0.2, 0.25) is 0 Å². The molecule has 154 valence electrons. The van der Waals surface area contributed by atoms with Crippen LogP contribution in [0.15, 0.2) is 30.3 Å². The molecule has 1 aromatic carbocycles. The Balaban J connectivity index is 1.73. The van der Waals surface area contributed by atoms with Gasteiger partial charge in [0.25, 0.3) is 5.91 Å². The van der Waals surface area contributed by atoms with Gasteiger partial charge < -0.3 is 9.64 Å². The van der Waals surface area contributed by atoms with E-state index in [9.17, 15) is 14.4 Å². The summed E-state index contributed by atoms with van der Waals surface area (Å²) >= 11 is 0. The third kappa shape index (κ3) is 5.91. The molecular weight excluding hydrogens is 354 g/mol. The molecule has 1 aromatic rings. The molecule has 0 radical (unpaired) electrons. The number of amides is 1. The van der Waals surface area contributed by atoms with Gasteiger partial charge in [-0.2, -0.15) is 0 Å². The summed E-state index contributed by atoms with van der Waals surface area (Å²) in [5.74, 6) is -1.35. The molecular formula is C23H33NO4. The lowest BCUT2D eigenvalue weighted by Gasteiger charge is -2.27. The molecule has 1 heterocycles. The highest BCUT2D eigenvalue weighted by atomic mass is 16.5. The van der Waals surface area contributed by atoms with E-state index in [1.807, 2.05) is 25.1 Å². The Kier molecular flexibility index (Phi) is 8.21. The zero-order chi connectivity index (χ0) is 20.6. The van der Waals surface area contributed by atoms with Gasteiger partial charge in [0.15, 0.2) is 0 Å². The number of likely N-dealkylation sites (tertiary alicyclic amines) is 1. The Labute approximate surface area is 168 Å². The smallest absolute Gasteiger partial charge is 0.328 e. The van der Waals surface area contributed by atoms with Crippen LogP contribution in [-0.4, -0.2) is 41.8 Å². The minimum Gasteiger partial charge on any atom is -0.464 e. The summed E-state index contributed by atoms with van der Waals surface area (Å²) in [7, 11) is 0. The summed E-state index contributed by atoms with van der Waals surface area (Å²) in [6.07, 6.45) is 5.75. The van der Waals surface area contributed by atoms with Crippen LogP contribution in [-0.2, 0) is 25.5 Å². The molecule has 0 aromatic heterocycles. The molecule has 5 nitrogen and oxygen atoms in total. The average Bonchev–Trinajstić information content (AvgIpc) is 3.20. The Morgan fingerprint density at radius 3 is 2.50 bits per heavy atom. The first-order chi connectivity index (χ1) is 13.4. The van der Waals surface area contributed by atoms with E-state index in [4.69, 9.17) is 4.74 Å². The minimum absolute atomic E-state index is 0.362. The normalized spacial score (nSPS) is 16.8. The van der Waals surface area contributed by atoms with E-state index in [0.29, 0.717) is 26.0 Å². The number of esters is 1. The number of carbonyl (C=O) groups is 3. The lowest BCUT2D eigenvalue weighted by molar-refractivity contribution is -0.157. The minimum atomic E-state index is -0.702. The van der Waals surface area contributed by atoms with Crippen LogP contribution in [0.3, 0.4) is 0 Å². The third-order valence-corrected chi connectivity index (χ3v) is 5.68. The molecule has 28 heavy (non-hydrogen) atoms. The number of nitrogens with zero attached hydrogens (tertiary/aromatic N) is 1. The van der Waals surface area contributed by atoms with Crippen LogP contribution in [0, 0.1) is 5.41 Å². The maximum Gasteiger partial charge on any atom is 0.328 e. The number of carbonyl (C=O) groups excluding carboxylic acids is 3. The molecule has 1 saturated heterocycles. The van der Waals surface area contributed by atoms with Crippen molar-refractivity contribution in [2.75, 3.05) is 13.2 Å². The highest BCUT2D eigenvalue weighted by molar-refractivity contribution is 6.38. The number of aryl methyl sites for hydroxylation is 1. The predicted octanol–water partition coefficient (Wildman–Crippen LogP) is 3.94.